The van der Waals surface area contributed by atoms with E-state index in [2.05, 4.69) is 69.5 Å². The van der Waals surface area contributed by atoms with Gasteiger partial charge in [0, 0.05) is 18.8 Å². The maximum absolute atomic E-state index is 5.38. The second-order valence-corrected chi connectivity index (χ2v) is 6.87. The molecule has 1 aromatic carbocycles. The van der Waals surface area contributed by atoms with Crippen LogP contribution in [-0.4, -0.2) is 37.2 Å². The van der Waals surface area contributed by atoms with Crippen molar-refractivity contribution < 1.29 is 0 Å². The van der Waals surface area contributed by atoms with E-state index < -0.39 is 0 Å². The van der Waals surface area contributed by atoms with Gasteiger partial charge < -0.3 is 15.5 Å². The van der Waals surface area contributed by atoms with E-state index in [-0.39, 0.29) is 5.41 Å². The van der Waals surface area contributed by atoms with E-state index in [0.29, 0.717) is 5.11 Å². The molecule has 112 valence electrons. The monoisotopic (exact) mass is 293 g/mol. The SMILES string of the molecule is Cc1cccc(NC(=S)NCC(C)(C)CN(C)C)c1C. The van der Waals surface area contributed by atoms with Crippen molar-refractivity contribution in [2.45, 2.75) is 27.7 Å². The highest BCUT2D eigenvalue weighted by Crippen LogP contribution is 2.18. The molecule has 0 saturated heterocycles. The summed E-state index contributed by atoms with van der Waals surface area (Å²) in [5, 5.41) is 7.29. The molecule has 1 aromatic rings. The zero-order valence-corrected chi connectivity index (χ0v) is 14.3. The fourth-order valence-corrected chi connectivity index (χ4v) is 2.47. The van der Waals surface area contributed by atoms with Gasteiger partial charge in [0.1, 0.15) is 0 Å². The van der Waals surface area contributed by atoms with Crippen LogP contribution in [0.15, 0.2) is 18.2 Å². The number of thiocarbonyl (C=S) groups is 1. The van der Waals surface area contributed by atoms with Crippen LogP contribution in [0, 0.1) is 19.3 Å². The minimum Gasteiger partial charge on any atom is -0.362 e. The number of benzene rings is 1. The first-order valence-corrected chi connectivity index (χ1v) is 7.38. The maximum Gasteiger partial charge on any atom is 0.170 e. The Morgan fingerprint density at radius 1 is 1.25 bits per heavy atom. The van der Waals surface area contributed by atoms with Crippen molar-refractivity contribution in [1.29, 1.82) is 0 Å². The van der Waals surface area contributed by atoms with Gasteiger partial charge in [-0.3, -0.25) is 0 Å². The molecule has 0 aliphatic rings. The summed E-state index contributed by atoms with van der Waals surface area (Å²) in [5.74, 6) is 0. The number of aryl methyl sites for hydroxylation is 1. The molecule has 0 atom stereocenters. The number of nitrogens with one attached hydrogen (secondary N) is 2. The van der Waals surface area contributed by atoms with Gasteiger partial charge in [-0.1, -0.05) is 26.0 Å². The topological polar surface area (TPSA) is 27.3 Å². The number of nitrogens with zero attached hydrogens (tertiary/aromatic N) is 1. The molecule has 20 heavy (non-hydrogen) atoms. The van der Waals surface area contributed by atoms with Crippen molar-refractivity contribution in [3.63, 3.8) is 0 Å². The first-order valence-electron chi connectivity index (χ1n) is 6.97. The predicted molar refractivity (Wildman–Crippen MR) is 92.5 cm³/mol. The first kappa shape index (κ1) is 16.9. The third kappa shape index (κ3) is 5.47. The van der Waals surface area contributed by atoms with Gasteiger partial charge in [0.05, 0.1) is 0 Å². The molecule has 0 bridgehead atoms. The van der Waals surface area contributed by atoms with Crippen molar-refractivity contribution in [2.75, 3.05) is 32.5 Å². The van der Waals surface area contributed by atoms with Gasteiger partial charge in [0.2, 0.25) is 0 Å². The van der Waals surface area contributed by atoms with Crippen LogP contribution < -0.4 is 10.6 Å². The quantitative estimate of drug-likeness (QED) is 0.816. The third-order valence-corrected chi connectivity index (χ3v) is 3.57. The van der Waals surface area contributed by atoms with Gasteiger partial charge in [-0.2, -0.15) is 0 Å². The normalized spacial score (nSPS) is 11.6. The molecule has 0 fully saturated rings. The van der Waals surface area contributed by atoms with E-state index in [1.807, 2.05) is 6.07 Å². The zero-order valence-electron chi connectivity index (χ0n) is 13.5. The molecule has 0 amide bonds. The van der Waals surface area contributed by atoms with Crippen LogP contribution in [-0.2, 0) is 0 Å². The second kappa shape index (κ2) is 7.04. The zero-order chi connectivity index (χ0) is 15.3. The fourth-order valence-electron chi connectivity index (χ4n) is 2.28. The first-order chi connectivity index (χ1) is 9.21. The highest BCUT2D eigenvalue weighted by Gasteiger charge is 2.19. The smallest absolute Gasteiger partial charge is 0.170 e. The van der Waals surface area contributed by atoms with Crippen LogP contribution in [0.4, 0.5) is 5.69 Å². The van der Waals surface area contributed by atoms with Crippen LogP contribution in [0.5, 0.6) is 0 Å². The molecule has 0 aliphatic heterocycles. The van der Waals surface area contributed by atoms with Gasteiger partial charge in [-0.15, -0.1) is 0 Å². The van der Waals surface area contributed by atoms with E-state index in [0.717, 1.165) is 18.8 Å². The highest BCUT2D eigenvalue weighted by molar-refractivity contribution is 7.80. The molecular weight excluding hydrogens is 266 g/mol. The van der Waals surface area contributed by atoms with Crippen molar-refractivity contribution in [3.05, 3.63) is 29.3 Å². The molecule has 0 aliphatic carbocycles. The Kier molecular flexibility index (Phi) is 5.96. The Morgan fingerprint density at radius 2 is 1.90 bits per heavy atom. The predicted octanol–water partition coefficient (Wildman–Crippen LogP) is 3.18. The summed E-state index contributed by atoms with van der Waals surface area (Å²) in [6.45, 7) is 10.6. The summed E-state index contributed by atoms with van der Waals surface area (Å²) >= 11 is 5.38. The Labute approximate surface area is 128 Å². The van der Waals surface area contributed by atoms with Gasteiger partial charge >= 0.3 is 0 Å². The minimum absolute atomic E-state index is 0.177. The highest BCUT2D eigenvalue weighted by atomic mass is 32.1. The van der Waals surface area contributed by atoms with E-state index in [9.17, 15) is 0 Å². The van der Waals surface area contributed by atoms with Crippen molar-refractivity contribution in [3.8, 4) is 0 Å². The second-order valence-electron chi connectivity index (χ2n) is 6.46. The fraction of sp³-hybridized carbons (Fsp3) is 0.562. The molecule has 2 N–H and O–H groups in total. The summed E-state index contributed by atoms with van der Waals surface area (Å²) in [4.78, 5) is 2.20. The summed E-state index contributed by atoms with van der Waals surface area (Å²) in [6, 6.07) is 6.21. The molecular formula is C16H27N3S. The Hall–Kier alpha value is -1.13. The van der Waals surface area contributed by atoms with Crippen LogP contribution in [0.1, 0.15) is 25.0 Å². The molecule has 4 heteroatoms. The Balaban J connectivity index is 2.54. The van der Waals surface area contributed by atoms with Crippen molar-refractivity contribution in [1.82, 2.24) is 10.2 Å². The van der Waals surface area contributed by atoms with Crippen LogP contribution in [0.3, 0.4) is 0 Å². The number of anilines is 1. The summed E-state index contributed by atoms with van der Waals surface area (Å²) in [6.07, 6.45) is 0. The Morgan fingerprint density at radius 3 is 2.50 bits per heavy atom. The lowest BCUT2D eigenvalue weighted by Crippen LogP contribution is -2.41. The summed E-state index contributed by atoms with van der Waals surface area (Å²) in [5.41, 5.74) is 3.76. The van der Waals surface area contributed by atoms with Crippen molar-refractivity contribution >= 4 is 23.0 Å². The van der Waals surface area contributed by atoms with Crippen LogP contribution >= 0.6 is 12.2 Å². The molecule has 0 heterocycles. The standard InChI is InChI=1S/C16H27N3S/c1-12-8-7-9-14(13(12)2)18-15(20)17-10-16(3,4)11-19(5)6/h7-9H,10-11H2,1-6H3,(H2,17,18,20). The van der Waals surface area contributed by atoms with E-state index >= 15 is 0 Å². The molecule has 3 nitrogen and oxygen atoms in total. The average Bonchev–Trinajstić information content (AvgIpc) is 2.31. The maximum atomic E-state index is 5.38. The molecule has 0 unspecified atom stereocenters. The number of hydrogen-bond acceptors (Lipinski definition) is 2. The summed E-state index contributed by atoms with van der Waals surface area (Å²) in [7, 11) is 4.18. The molecule has 0 radical (unpaired) electrons. The lowest BCUT2D eigenvalue weighted by molar-refractivity contribution is 0.242. The Bertz CT molecular complexity index is 467. The number of hydrogen-bond donors (Lipinski definition) is 2. The third-order valence-electron chi connectivity index (χ3n) is 3.32. The van der Waals surface area contributed by atoms with Gasteiger partial charge in [0.15, 0.2) is 5.11 Å². The van der Waals surface area contributed by atoms with Crippen LogP contribution in [0.25, 0.3) is 0 Å². The molecule has 0 saturated carbocycles. The molecule has 0 aromatic heterocycles. The molecule has 1 rings (SSSR count). The molecule has 0 spiro atoms. The largest absolute Gasteiger partial charge is 0.362 e. The van der Waals surface area contributed by atoms with Crippen LogP contribution in [0.2, 0.25) is 0 Å². The van der Waals surface area contributed by atoms with E-state index in [1.165, 1.54) is 11.1 Å². The number of rotatable bonds is 5. The van der Waals surface area contributed by atoms with Gasteiger partial charge in [0.25, 0.3) is 0 Å². The van der Waals surface area contributed by atoms with Gasteiger partial charge in [-0.25, -0.2) is 0 Å². The van der Waals surface area contributed by atoms with Gasteiger partial charge in [-0.05, 0) is 62.8 Å². The lowest BCUT2D eigenvalue weighted by Gasteiger charge is -2.29. The van der Waals surface area contributed by atoms with Crippen molar-refractivity contribution in [2.24, 2.45) is 5.41 Å². The lowest BCUT2D eigenvalue weighted by atomic mass is 9.93. The van der Waals surface area contributed by atoms with E-state index in [1.54, 1.807) is 0 Å². The minimum atomic E-state index is 0.177. The van der Waals surface area contributed by atoms with E-state index in [4.69, 9.17) is 12.2 Å². The average molecular weight is 293 g/mol. The summed E-state index contributed by atoms with van der Waals surface area (Å²) < 4.78 is 0.